The van der Waals surface area contributed by atoms with Crippen LogP contribution in [0, 0.1) is 0 Å². The second-order valence-electron chi connectivity index (χ2n) is 24.3. The summed E-state index contributed by atoms with van der Waals surface area (Å²) in [5, 5.41) is 3.03. The molecule has 0 aromatic rings. The number of phosphoric ester groups is 1. The van der Waals surface area contributed by atoms with Gasteiger partial charge in [0.15, 0.2) is 0 Å². The molecule has 3 atom stereocenters. The third kappa shape index (κ3) is 63.3. The second-order valence-corrected chi connectivity index (χ2v) is 25.7. The van der Waals surface area contributed by atoms with Gasteiger partial charge in [0.05, 0.1) is 33.8 Å². The van der Waals surface area contributed by atoms with E-state index in [0.717, 1.165) is 122 Å². The number of quaternary nitrogens is 1. The van der Waals surface area contributed by atoms with Crippen LogP contribution >= 0.6 is 7.82 Å². The molecule has 0 bridgehead atoms. The summed E-state index contributed by atoms with van der Waals surface area (Å²) in [6.07, 6.45) is 83.7. The number of nitrogens with one attached hydrogen (secondary N) is 1. The topological polar surface area (TPSA) is 114 Å². The highest BCUT2D eigenvalue weighted by Crippen LogP contribution is 2.38. The Hall–Kier alpha value is -3.07. The molecule has 480 valence electrons. The van der Waals surface area contributed by atoms with E-state index in [9.17, 15) is 19.0 Å². The van der Waals surface area contributed by atoms with Crippen molar-refractivity contribution in [1.82, 2.24) is 5.32 Å². The van der Waals surface area contributed by atoms with E-state index in [0.29, 0.717) is 17.4 Å². The zero-order valence-corrected chi connectivity index (χ0v) is 55.8. The minimum Gasteiger partial charge on any atom is -0.756 e. The molecule has 0 rings (SSSR count). The number of nitrogens with zero attached hydrogens (tertiary/aromatic N) is 1. The lowest BCUT2D eigenvalue weighted by Gasteiger charge is -2.30. The Morgan fingerprint density at radius 2 is 0.771 bits per heavy atom. The molecular formula is C73H131N2O7P. The van der Waals surface area contributed by atoms with Gasteiger partial charge in [-0.05, 0) is 109 Å². The lowest BCUT2D eigenvalue weighted by Crippen LogP contribution is -2.47. The summed E-state index contributed by atoms with van der Waals surface area (Å²) >= 11 is 0. The van der Waals surface area contributed by atoms with Gasteiger partial charge >= 0.3 is 5.97 Å². The molecule has 83 heavy (non-hydrogen) atoms. The summed E-state index contributed by atoms with van der Waals surface area (Å²) in [4.78, 5) is 40.2. The van der Waals surface area contributed by atoms with Crippen molar-refractivity contribution in [1.29, 1.82) is 0 Å². The van der Waals surface area contributed by atoms with Gasteiger partial charge in [0.2, 0.25) is 5.91 Å². The van der Waals surface area contributed by atoms with Gasteiger partial charge in [0.1, 0.15) is 19.3 Å². The first kappa shape index (κ1) is 79.9. The van der Waals surface area contributed by atoms with Gasteiger partial charge in [-0.2, -0.15) is 0 Å². The van der Waals surface area contributed by atoms with Crippen molar-refractivity contribution < 1.29 is 37.3 Å². The zero-order valence-electron chi connectivity index (χ0n) is 54.9. The molecule has 0 heterocycles. The maximum Gasteiger partial charge on any atom is 0.306 e. The number of hydrogen-bond acceptors (Lipinski definition) is 7. The van der Waals surface area contributed by atoms with E-state index < -0.39 is 26.6 Å². The number of amides is 1. The summed E-state index contributed by atoms with van der Waals surface area (Å²) in [7, 11) is 1.17. The van der Waals surface area contributed by atoms with Gasteiger partial charge in [-0.25, -0.2) is 0 Å². The highest BCUT2D eigenvalue weighted by molar-refractivity contribution is 7.45. The molecule has 1 amide bonds. The van der Waals surface area contributed by atoms with Crippen LogP contribution in [0.3, 0.4) is 0 Å². The molecule has 1 N–H and O–H groups in total. The zero-order chi connectivity index (χ0) is 60.7. The second kappa shape index (κ2) is 62.0. The Bertz CT molecular complexity index is 1740. The molecule has 0 aliphatic rings. The van der Waals surface area contributed by atoms with Crippen LogP contribution in [0.1, 0.15) is 303 Å². The number of unbranched alkanes of at least 4 members (excludes halogenated alkanes) is 32. The first-order chi connectivity index (χ1) is 40.4. The van der Waals surface area contributed by atoms with E-state index in [-0.39, 0.29) is 24.9 Å². The van der Waals surface area contributed by atoms with Crippen molar-refractivity contribution >= 4 is 19.7 Å². The lowest BCUT2D eigenvalue weighted by atomic mass is 10.0. The number of carbonyl (C=O) groups is 2. The molecule has 3 unspecified atom stereocenters. The molecule has 0 aromatic carbocycles. The molecule has 10 heteroatoms. The first-order valence-corrected chi connectivity index (χ1v) is 36.0. The maximum atomic E-state index is 13.6. The van der Waals surface area contributed by atoms with Crippen LogP contribution in [-0.4, -0.2) is 69.4 Å². The Morgan fingerprint density at radius 3 is 1.17 bits per heavy atom. The number of phosphoric acid groups is 1. The molecule has 0 aliphatic heterocycles. The molecule has 0 aliphatic carbocycles. The number of likely N-dealkylation sites (N-methyl/N-ethyl adjacent to an activating group) is 1. The van der Waals surface area contributed by atoms with Crippen LogP contribution < -0.4 is 10.2 Å². The van der Waals surface area contributed by atoms with Crippen LogP contribution in [0.4, 0.5) is 0 Å². The molecule has 0 fully saturated rings. The van der Waals surface area contributed by atoms with Gasteiger partial charge in [0.25, 0.3) is 7.82 Å². The first-order valence-electron chi connectivity index (χ1n) is 34.5. The quantitative estimate of drug-likeness (QED) is 0.0212. The Morgan fingerprint density at radius 1 is 0.434 bits per heavy atom. The van der Waals surface area contributed by atoms with Gasteiger partial charge < -0.3 is 28.5 Å². The number of ether oxygens (including phenoxy) is 1. The van der Waals surface area contributed by atoms with Crippen LogP contribution in [0.15, 0.2) is 97.2 Å². The van der Waals surface area contributed by atoms with Crippen molar-refractivity contribution in [3.05, 3.63) is 97.2 Å². The van der Waals surface area contributed by atoms with E-state index >= 15 is 0 Å². The highest BCUT2D eigenvalue weighted by atomic mass is 31.2. The van der Waals surface area contributed by atoms with Gasteiger partial charge in [-0.1, -0.05) is 279 Å². The predicted molar refractivity (Wildman–Crippen MR) is 358 cm³/mol. The summed E-state index contributed by atoms with van der Waals surface area (Å²) in [6, 6.07) is -0.903. The fourth-order valence-corrected chi connectivity index (χ4v) is 10.4. The van der Waals surface area contributed by atoms with E-state index in [1.165, 1.54) is 148 Å². The van der Waals surface area contributed by atoms with E-state index in [2.05, 4.69) is 111 Å². The summed E-state index contributed by atoms with van der Waals surface area (Å²) < 4.78 is 30.4. The Kier molecular flexibility index (Phi) is 59.7. The Labute approximate surface area is 513 Å². The average molecular weight is 1180 g/mol. The van der Waals surface area contributed by atoms with Crippen molar-refractivity contribution in [3.63, 3.8) is 0 Å². The summed E-state index contributed by atoms with van der Waals surface area (Å²) in [6.45, 7) is 6.73. The number of hydrogen-bond donors (Lipinski definition) is 1. The van der Waals surface area contributed by atoms with Crippen LogP contribution in [0.5, 0.6) is 0 Å². The van der Waals surface area contributed by atoms with E-state index in [4.69, 9.17) is 13.8 Å². The third-order valence-electron chi connectivity index (χ3n) is 15.0. The summed E-state index contributed by atoms with van der Waals surface area (Å²) in [5.41, 5.74) is 0. The third-order valence-corrected chi connectivity index (χ3v) is 16.0. The van der Waals surface area contributed by atoms with Crippen molar-refractivity contribution in [3.8, 4) is 0 Å². The number of allylic oxidation sites excluding steroid dienone is 15. The van der Waals surface area contributed by atoms with Gasteiger partial charge in [0, 0.05) is 12.8 Å². The number of carbonyl (C=O) groups excluding carboxylic acids is 2. The smallest absolute Gasteiger partial charge is 0.306 e. The number of esters is 1. The molecule has 0 spiro atoms. The molecule has 0 saturated heterocycles. The minimum absolute atomic E-state index is 0.0294. The average Bonchev–Trinajstić information content (AvgIpc) is 3.46. The van der Waals surface area contributed by atoms with Crippen LogP contribution in [0.2, 0.25) is 0 Å². The standard InChI is InChI=1S/C73H131N2O7P/c1-7-10-13-16-19-22-25-28-30-32-34-35-36-37-38-39-41-42-44-47-50-53-56-59-62-65-72(76)74-70(69-81-83(78,79)80-68-67-75(4,5)6)71(64-61-58-55-52-49-46-27-24-21-18-15-12-9-3)82-73(77)66-63-60-57-54-51-48-45-43-40-33-31-29-26-23-20-17-14-11-8-2/h10,13,19,22,28-31,34-35,37-38,41-42,61,64,70-71H,7-9,11-12,14-18,20-21,23-27,32-33,36,39-40,43-60,62-63,65-69H2,1-6H3,(H-,74,76,78,79)/b13-10-,22-19-,30-28-,31-29+,35-34-,38-37-,42-41-,64-61-. The normalized spacial score (nSPS) is 14.2. The van der Waals surface area contributed by atoms with Crippen molar-refractivity contribution in [2.75, 3.05) is 40.9 Å². The van der Waals surface area contributed by atoms with Crippen LogP contribution in [-0.2, 0) is 27.9 Å². The summed E-state index contributed by atoms with van der Waals surface area (Å²) in [5.74, 6) is -0.557. The minimum atomic E-state index is -4.71. The molecule has 0 saturated carbocycles. The largest absolute Gasteiger partial charge is 0.756 e. The fraction of sp³-hybridized carbons (Fsp3) is 0.753. The van der Waals surface area contributed by atoms with Gasteiger partial charge in [-0.3, -0.25) is 14.2 Å². The van der Waals surface area contributed by atoms with Crippen molar-refractivity contribution in [2.24, 2.45) is 0 Å². The SMILES string of the molecule is CC/C=C\C/C=C\C/C=C\C/C=C\C/C=C\C/C=C\CCCCCCCCC(=O)NC(COP(=O)([O-])OCC[N+](C)(C)C)C(/C=C\CCCCCCCCCCCCC)OC(=O)CCCCCCCCCCC/C=C/CCCCCCCC. The van der Waals surface area contributed by atoms with Crippen LogP contribution in [0.25, 0.3) is 0 Å². The van der Waals surface area contributed by atoms with Gasteiger partial charge in [-0.15, -0.1) is 0 Å². The molecule has 0 radical (unpaired) electrons. The predicted octanol–water partition coefficient (Wildman–Crippen LogP) is 21.3. The molecule has 0 aromatic heterocycles. The lowest BCUT2D eigenvalue weighted by molar-refractivity contribution is -0.870. The highest BCUT2D eigenvalue weighted by Gasteiger charge is 2.27. The van der Waals surface area contributed by atoms with E-state index in [1.54, 1.807) is 0 Å². The Balaban J connectivity index is 5.19. The van der Waals surface area contributed by atoms with Crippen molar-refractivity contribution in [2.45, 2.75) is 315 Å². The number of rotatable bonds is 62. The fourth-order valence-electron chi connectivity index (χ4n) is 9.70. The maximum absolute atomic E-state index is 13.6. The monoisotopic (exact) mass is 1180 g/mol. The molecular weight excluding hydrogens is 1050 g/mol. The molecule has 9 nitrogen and oxygen atoms in total. The van der Waals surface area contributed by atoms with E-state index in [1.807, 2.05) is 33.3 Å².